The van der Waals surface area contributed by atoms with Crippen molar-refractivity contribution in [2.75, 3.05) is 6.54 Å². The predicted octanol–water partition coefficient (Wildman–Crippen LogP) is 7.44. The maximum atomic E-state index is 14.0. The van der Waals surface area contributed by atoms with Gasteiger partial charge in [-0.05, 0) is 68.7 Å². The van der Waals surface area contributed by atoms with Crippen molar-refractivity contribution in [3.63, 3.8) is 0 Å². The number of aryl methyl sites for hydroxylation is 1. The molecular weight excluding hydrogens is 482 g/mol. The highest BCUT2D eigenvalue weighted by atomic mass is 35.5. The molecule has 6 heteroatoms. The second-order valence-corrected chi connectivity index (χ2v) is 9.97. The maximum absolute atomic E-state index is 14.0. The molecule has 3 aromatic carbocycles. The van der Waals surface area contributed by atoms with Crippen LogP contribution < -0.4 is 5.56 Å². The van der Waals surface area contributed by atoms with Crippen LogP contribution >= 0.6 is 11.6 Å². The van der Waals surface area contributed by atoms with Crippen LogP contribution in [0.25, 0.3) is 16.6 Å². The first-order valence-corrected chi connectivity index (χ1v) is 13.4. The number of aromatic nitrogens is 2. The van der Waals surface area contributed by atoms with E-state index >= 15 is 0 Å². The van der Waals surface area contributed by atoms with Gasteiger partial charge in [0.25, 0.3) is 11.5 Å². The molecule has 0 saturated heterocycles. The topological polar surface area (TPSA) is 55.2 Å². The average Bonchev–Trinajstić information content (AvgIpc) is 2.90. The first-order chi connectivity index (χ1) is 17.8. The Hall–Kier alpha value is -3.44. The minimum atomic E-state index is -0.454. The molecule has 37 heavy (non-hydrogen) atoms. The van der Waals surface area contributed by atoms with Crippen LogP contribution in [-0.2, 0) is 0 Å². The number of amides is 1. The molecule has 4 rings (SSSR count). The molecule has 0 bridgehead atoms. The van der Waals surface area contributed by atoms with E-state index in [-0.39, 0.29) is 11.5 Å². The van der Waals surface area contributed by atoms with E-state index in [4.69, 9.17) is 16.6 Å². The standard InChI is InChI=1S/C31H34ClN3O2/c1-5-6-7-12-20-34(30(36)24-15-9-8-14-21(24)2)23(4)29-33-27-18-11-10-16-25(27)31(37)35(29)28-19-13-17-26(32)22(28)3/h8-11,13-19,23H,5-7,12,20H2,1-4H3. The van der Waals surface area contributed by atoms with Crippen LogP contribution in [0.3, 0.4) is 0 Å². The smallest absolute Gasteiger partial charge is 0.266 e. The van der Waals surface area contributed by atoms with E-state index in [1.165, 1.54) is 0 Å². The molecule has 5 nitrogen and oxygen atoms in total. The SMILES string of the molecule is CCCCCCN(C(=O)c1ccccc1C)C(C)c1nc2ccccc2c(=O)n1-c1cccc(Cl)c1C. The first-order valence-electron chi connectivity index (χ1n) is 13.0. The second-order valence-electron chi connectivity index (χ2n) is 9.56. The molecule has 0 N–H and O–H groups in total. The van der Waals surface area contributed by atoms with Gasteiger partial charge in [-0.2, -0.15) is 0 Å². The highest BCUT2D eigenvalue weighted by Gasteiger charge is 2.28. The van der Waals surface area contributed by atoms with E-state index in [1.54, 1.807) is 10.6 Å². The molecule has 0 fully saturated rings. The first kappa shape index (κ1) is 26.6. The van der Waals surface area contributed by atoms with Crippen LogP contribution in [0.5, 0.6) is 0 Å². The van der Waals surface area contributed by atoms with Gasteiger partial charge >= 0.3 is 0 Å². The van der Waals surface area contributed by atoms with Crippen molar-refractivity contribution in [3.8, 4) is 5.69 Å². The number of fused-ring (bicyclic) bond motifs is 1. The zero-order valence-electron chi connectivity index (χ0n) is 22.0. The van der Waals surface area contributed by atoms with E-state index < -0.39 is 6.04 Å². The molecule has 0 saturated carbocycles. The molecule has 0 aliphatic heterocycles. The molecule has 192 valence electrons. The van der Waals surface area contributed by atoms with Gasteiger partial charge in [0, 0.05) is 17.1 Å². The van der Waals surface area contributed by atoms with Crippen LogP contribution in [0.4, 0.5) is 0 Å². The Morgan fingerprint density at radius 1 is 0.973 bits per heavy atom. The number of rotatable bonds is 9. The van der Waals surface area contributed by atoms with Gasteiger partial charge in [-0.1, -0.05) is 74.2 Å². The van der Waals surface area contributed by atoms with Crippen LogP contribution in [0.2, 0.25) is 5.02 Å². The van der Waals surface area contributed by atoms with Gasteiger partial charge in [0.15, 0.2) is 0 Å². The lowest BCUT2D eigenvalue weighted by Gasteiger charge is -2.31. The summed E-state index contributed by atoms with van der Waals surface area (Å²) >= 11 is 6.47. The molecule has 0 spiro atoms. The summed E-state index contributed by atoms with van der Waals surface area (Å²) in [7, 11) is 0. The van der Waals surface area contributed by atoms with Gasteiger partial charge < -0.3 is 4.90 Å². The van der Waals surface area contributed by atoms with E-state index in [1.807, 2.05) is 86.3 Å². The Morgan fingerprint density at radius 2 is 1.70 bits per heavy atom. The summed E-state index contributed by atoms with van der Waals surface area (Å²) in [6.07, 6.45) is 4.14. The zero-order chi connectivity index (χ0) is 26.5. The Labute approximate surface area is 223 Å². The van der Waals surface area contributed by atoms with E-state index in [0.29, 0.717) is 39.5 Å². The van der Waals surface area contributed by atoms with Gasteiger partial charge in [-0.3, -0.25) is 14.2 Å². The molecule has 0 aliphatic carbocycles. The summed E-state index contributed by atoms with van der Waals surface area (Å²) in [5, 5.41) is 1.10. The number of para-hydroxylation sites is 1. The number of halogens is 1. The predicted molar refractivity (Wildman–Crippen MR) is 152 cm³/mol. The Bertz CT molecular complexity index is 1480. The molecular formula is C31H34ClN3O2. The van der Waals surface area contributed by atoms with Crippen LogP contribution in [-0.4, -0.2) is 26.9 Å². The van der Waals surface area contributed by atoms with Crippen molar-refractivity contribution in [2.45, 2.75) is 59.4 Å². The van der Waals surface area contributed by atoms with Crippen molar-refractivity contribution in [2.24, 2.45) is 0 Å². The van der Waals surface area contributed by atoms with E-state index in [2.05, 4.69) is 6.92 Å². The number of carbonyl (C=O) groups excluding carboxylic acids is 1. The highest BCUT2D eigenvalue weighted by Crippen LogP contribution is 2.28. The van der Waals surface area contributed by atoms with Crippen molar-refractivity contribution in [1.29, 1.82) is 0 Å². The lowest BCUT2D eigenvalue weighted by molar-refractivity contribution is 0.0676. The molecule has 1 unspecified atom stereocenters. The molecule has 0 aliphatic rings. The minimum absolute atomic E-state index is 0.0566. The normalized spacial score (nSPS) is 12.0. The van der Waals surface area contributed by atoms with Crippen molar-refractivity contribution in [3.05, 3.63) is 105 Å². The quantitative estimate of drug-likeness (QED) is 0.218. The second kappa shape index (κ2) is 11.7. The van der Waals surface area contributed by atoms with Crippen LogP contribution in [0.1, 0.15) is 72.9 Å². The Morgan fingerprint density at radius 3 is 2.46 bits per heavy atom. The molecule has 4 aromatic rings. The van der Waals surface area contributed by atoms with Gasteiger partial charge in [0.1, 0.15) is 5.82 Å². The number of hydrogen-bond donors (Lipinski definition) is 0. The molecule has 1 amide bonds. The van der Waals surface area contributed by atoms with E-state index in [0.717, 1.165) is 36.8 Å². The Balaban J connectivity index is 1.91. The molecule has 0 radical (unpaired) electrons. The summed E-state index contributed by atoms with van der Waals surface area (Å²) in [5.74, 6) is 0.463. The third-order valence-electron chi connectivity index (χ3n) is 7.01. The summed E-state index contributed by atoms with van der Waals surface area (Å²) < 4.78 is 1.64. The molecule has 1 atom stereocenters. The lowest BCUT2D eigenvalue weighted by Crippen LogP contribution is -2.38. The van der Waals surface area contributed by atoms with Gasteiger partial charge in [0.2, 0.25) is 0 Å². The lowest BCUT2D eigenvalue weighted by atomic mass is 10.1. The van der Waals surface area contributed by atoms with Gasteiger partial charge in [0.05, 0.1) is 22.6 Å². The van der Waals surface area contributed by atoms with Crippen molar-refractivity contribution >= 4 is 28.4 Å². The number of unbranched alkanes of at least 4 members (excludes halogenated alkanes) is 3. The van der Waals surface area contributed by atoms with Crippen LogP contribution in [0, 0.1) is 13.8 Å². The Kier molecular flexibility index (Phi) is 8.45. The molecule has 1 aromatic heterocycles. The summed E-state index contributed by atoms with van der Waals surface area (Å²) in [5.41, 5.74) is 3.49. The summed E-state index contributed by atoms with van der Waals surface area (Å²) in [4.78, 5) is 34.7. The zero-order valence-corrected chi connectivity index (χ0v) is 22.8. The minimum Gasteiger partial charge on any atom is -0.329 e. The van der Waals surface area contributed by atoms with Gasteiger partial charge in [-0.25, -0.2) is 4.98 Å². The number of carbonyl (C=O) groups is 1. The number of benzene rings is 3. The largest absolute Gasteiger partial charge is 0.329 e. The summed E-state index contributed by atoms with van der Waals surface area (Å²) in [6.45, 7) is 8.56. The monoisotopic (exact) mass is 515 g/mol. The van der Waals surface area contributed by atoms with Crippen LogP contribution in [0.15, 0.2) is 71.5 Å². The average molecular weight is 516 g/mol. The third-order valence-corrected chi connectivity index (χ3v) is 7.42. The fourth-order valence-corrected chi connectivity index (χ4v) is 4.96. The van der Waals surface area contributed by atoms with Crippen molar-refractivity contribution in [1.82, 2.24) is 14.5 Å². The van der Waals surface area contributed by atoms with Crippen molar-refractivity contribution < 1.29 is 4.79 Å². The number of hydrogen-bond acceptors (Lipinski definition) is 3. The fourth-order valence-electron chi connectivity index (χ4n) is 4.79. The summed E-state index contributed by atoms with van der Waals surface area (Å²) in [6, 6.07) is 20.1. The van der Waals surface area contributed by atoms with E-state index in [9.17, 15) is 9.59 Å². The third kappa shape index (κ3) is 5.47. The van der Waals surface area contributed by atoms with Gasteiger partial charge in [-0.15, -0.1) is 0 Å². The highest BCUT2D eigenvalue weighted by molar-refractivity contribution is 6.31. The molecule has 1 heterocycles. The number of nitrogens with zero attached hydrogens (tertiary/aromatic N) is 3. The maximum Gasteiger partial charge on any atom is 0.266 e. The fraction of sp³-hybridized carbons (Fsp3) is 0.323.